The molecule has 0 bridgehead atoms. The Kier molecular flexibility index (Phi) is 5.64. The molecule has 3 heterocycles. The molecular formula is C25H26N6O. The van der Waals surface area contributed by atoms with E-state index in [4.69, 9.17) is 0 Å². The average Bonchev–Trinajstić information content (AvgIpc) is 3.27. The third-order valence-corrected chi connectivity index (χ3v) is 6.01. The molecule has 1 aliphatic heterocycles. The lowest BCUT2D eigenvalue weighted by molar-refractivity contribution is 0.101. The number of hydrogen-bond acceptors (Lipinski definition) is 6. The van der Waals surface area contributed by atoms with E-state index in [-0.39, 0.29) is 5.78 Å². The number of nitrogens with one attached hydrogen (secondary N) is 2. The number of fused-ring (bicyclic) bond motifs is 1. The Labute approximate surface area is 186 Å². The van der Waals surface area contributed by atoms with Gasteiger partial charge >= 0.3 is 0 Å². The molecule has 0 unspecified atom stereocenters. The molecule has 0 amide bonds. The number of likely N-dealkylation sites (tertiary alicyclic amines) is 1. The Morgan fingerprint density at radius 1 is 1.09 bits per heavy atom. The number of hydrogen-bond donors (Lipinski definition) is 2. The van der Waals surface area contributed by atoms with Gasteiger partial charge in [-0.3, -0.25) is 9.69 Å². The lowest BCUT2D eigenvalue weighted by Gasteiger charge is -2.32. The number of carbonyl (C=O) groups excluding carboxylic acids is 1. The standard InChI is InChI=1S/C25H26N6O/c1-17(32)19-8-5-9-20(14-19)23-29-22-24(26-16-27-25(22)30-23)28-21-10-12-31(13-11-21)15-18-6-3-2-4-7-18/h2-9,14,16,21H,10-13,15H2,1H3,(H2,26,27,28,29,30). The van der Waals surface area contributed by atoms with Crippen molar-refractivity contribution in [2.24, 2.45) is 0 Å². The maximum Gasteiger partial charge on any atom is 0.183 e. The number of nitrogens with zero attached hydrogens (tertiary/aromatic N) is 4. The summed E-state index contributed by atoms with van der Waals surface area (Å²) < 4.78 is 0. The number of ketones is 1. The smallest absolute Gasteiger partial charge is 0.183 e. The van der Waals surface area contributed by atoms with Gasteiger partial charge in [-0.1, -0.05) is 48.5 Å². The van der Waals surface area contributed by atoms with Crippen molar-refractivity contribution in [2.45, 2.75) is 32.4 Å². The number of rotatable bonds is 6. The molecule has 4 aromatic rings. The Morgan fingerprint density at radius 3 is 2.69 bits per heavy atom. The monoisotopic (exact) mass is 426 g/mol. The molecule has 7 heteroatoms. The van der Waals surface area contributed by atoms with Crippen molar-refractivity contribution >= 4 is 22.8 Å². The van der Waals surface area contributed by atoms with E-state index in [1.165, 1.54) is 5.56 Å². The molecule has 0 spiro atoms. The average molecular weight is 427 g/mol. The maximum atomic E-state index is 11.7. The van der Waals surface area contributed by atoms with Gasteiger partial charge in [0.2, 0.25) is 0 Å². The fourth-order valence-electron chi connectivity index (χ4n) is 4.23. The Bertz CT molecular complexity index is 1230. The molecule has 162 valence electrons. The first-order chi connectivity index (χ1) is 15.7. The highest BCUT2D eigenvalue weighted by atomic mass is 16.1. The van der Waals surface area contributed by atoms with Crippen LogP contribution in [-0.4, -0.2) is 49.8 Å². The maximum absolute atomic E-state index is 11.7. The van der Waals surface area contributed by atoms with E-state index < -0.39 is 0 Å². The molecule has 7 nitrogen and oxygen atoms in total. The van der Waals surface area contributed by atoms with Crippen LogP contribution in [-0.2, 0) is 6.54 Å². The fourth-order valence-corrected chi connectivity index (χ4v) is 4.23. The van der Waals surface area contributed by atoms with Gasteiger partial charge in [0, 0.05) is 36.8 Å². The summed E-state index contributed by atoms with van der Waals surface area (Å²) in [5, 5.41) is 3.60. The highest BCUT2D eigenvalue weighted by Gasteiger charge is 2.21. The van der Waals surface area contributed by atoms with Crippen LogP contribution in [0.3, 0.4) is 0 Å². The van der Waals surface area contributed by atoms with Crippen molar-refractivity contribution < 1.29 is 4.79 Å². The third-order valence-electron chi connectivity index (χ3n) is 6.01. The normalized spacial score (nSPS) is 15.2. The number of imidazole rings is 1. The molecule has 2 aromatic carbocycles. The molecule has 5 rings (SSSR count). The van der Waals surface area contributed by atoms with E-state index >= 15 is 0 Å². The predicted molar refractivity (Wildman–Crippen MR) is 125 cm³/mol. The summed E-state index contributed by atoms with van der Waals surface area (Å²) in [5.74, 6) is 1.49. The number of aromatic amines is 1. The number of piperidine rings is 1. The van der Waals surface area contributed by atoms with E-state index in [2.05, 4.69) is 60.5 Å². The predicted octanol–water partition coefficient (Wildman–Crippen LogP) is 4.30. The largest absolute Gasteiger partial charge is 0.365 e. The zero-order valence-corrected chi connectivity index (χ0v) is 18.1. The quantitative estimate of drug-likeness (QED) is 0.447. The molecule has 32 heavy (non-hydrogen) atoms. The van der Waals surface area contributed by atoms with E-state index in [0.29, 0.717) is 23.1 Å². The summed E-state index contributed by atoms with van der Waals surface area (Å²) in [7, 11) is 0. The van der Waals surface area contributed by atoms with Gasteiger partial charge in [0.1, 0.15) is 17.7 Å². The van der Waals surface area contributed by atoms with Gasteiger partial charge in [-0.15, -0.1) is 0 Å². The minimum absolute atomic E-state index is 0.0312. The van der Waals surface area contributed by atoms with Crippen LogP contribution in [0.1, 0.15) is 35.7 Å². The molecule has 0 saturated carbocycles. The topological polar surface area (TPSA) is 86.8 Å². The van der Waals surface area contributed by atoms with Crippen molar-refractivity contribution in [1.82, 2.24) is 24.8 Å². The molecule has 2 aromatic heterocycles. The first-order valence-electron chi connectivity index (χ1n) is 11.0. The second kappa shape index (κ2) is 8.88. The third kappa shape index (κ3) is 4.38. The van der Waals surface area contributed by atoms with Gasteiger partial charge in [0.05, 0.1) is 0 Å². The van der Waals surface area contributed by atoms with Gasteiger partial charge < -0.3 is 10.3 Å². The zero-order chi connectivity index (χ0) is 21.9. The van der Waals surface area contributed by atoms with Crippen LogP contribution in [0.15, 0.2) is 60.9 Å². The molecule has 2 N–H and O–H groups in total. The first-order valence-corrected chi connectivity index (χ1v) is 11.0. The van der Waals surface area contributed by atoms with Crippen molar-refractivity contribution in [3.63, 3.8) is 0 Å². The summed E-state index contributed by atoms with van der Waals surface area (Å²) in [4.78, 5) is 31.0. The molecular weight excluding hydrogens is 400 g/mol. The lowest BCUT2D eigenvalue weighted by Crippen LogP contribution is -2.38. The van der Waals surface area contributed by atoms with Gasteiger partial charge in [0.25, 0.3) is 0 Å². The second-order valence-corrected chi connectivity index (χ2v) is 8.32. The van der Waals surface area contributed by atoms with Crippen molar-refractivity contribution in [3.8, 4) is 11.4 Å². The first kappa shape index (κ1) is 20.3. The number of benzene rings is 2. The minimum atomic E-state index is 0.0312. The summed E-state index contributed by atoms with van der Waals surface area (Å²) in [6, 6.07) is 18.4. The molecule has 1 fully saturated rings. The van der Waals surface area contributed by atoms with E-state index in [1.54, 1.807) is 13.3 Å². The van der Waals surface area contributed by atoms with Crippen molar-refractivity contribution in [2.75, 3.05) is 18.4 Å². The van der Waals surface area contributed by atoms with Crippen LogP contribution in [0, 0.1) is 0 Å². The van der Waals surface area contributed by atoms with Gasteiger partial charge in [-0.05, 0) is 31.4 Å². The van der Waals surface area contributed by atoms with Crippen LogP contribution in [0.2, 0.25) is 0 Å². The van der Waals surface area contributed by atoms with Crippen LogP contribution in [0.25, 0.3) is 22.6 Å². The number of anilines is 1. The van der Waals surface area contributed by atoms with Crippen LogP contribution >= 0.6 is 0 Å². The Hall–Kier alpha value is -3.58. The molecule has 1 saturated heterocycles. The zero-order valence-electron chi connectivity index (χ0n) is 18.1. The fraction of sp³-hybridized carbons (Fsp3) is 0.280. The number of H-pyrrole nitrogens is 1. The van der Waals surface area contributed by atoms with E-state index in [9.17, 15) is 4.79 Å². The number of aromatic nitrogens is 4. The summed E-state index contributed by atoms with van der Waals surface area (Å²) in [6.07, 6.45) is 3.66. The lowest BCUT2D eigenvalue weighted by atomic mass is 10.0. The van der Waals surface area contributed by atoms with E-state index in [1.807, 2.05) is 24.3 Å². The van der Waals surface area contributed by atoms with Gasteiger partial charge in [-0.25, -0.2) is 15.0 Å². The number of Topliss-reactive ketones (excluding diaryl/α,β-unsaturated/α-hetero) is 1. The summed E-state index contributed by atoms with van der Waals surface area (Å²) in [5.41, 5.74) is 4.29. The van der Waals surface area contributed by atoms with Crippen LogP contribution < -0.4 is 5.32 Å². The summed E-state index contributed by atoms with van der Waals surface area (Å²) >= 11 is 0. The molecule has 1 aliphatic rings. The highest BCUT2D eigenvalue weighted by Crippen LogP contribution is 2.25. The van der Waals surface area contributed by atoms with E-state index in [0.717, 1.165) is 49.4 Å². The SMILES string of the molecule is CC(=O)c1cccc(-c2nc3ncnc(NC4CCN(Cc5ccccc5)CC4)c3[nH]2)c1. The van der Waals surface area contributed by atoms with Crippen LogP contribution in [0.5, 0.6) is 0 Å². The highest BCUT2D eigenvalue weighted by molar-refractivity contribution is 5.95. The van der Waals surface area contributed by atoms with Crippen molar-refractivity contribution in [3.05, 3.63) is 72.1 Å². The van der Waals surface area contributed by atoms with Crippen molar-refractivity contribution in [1.29, 1.82) is 0 Å². The second-order valence-electron chi connectivity index (χ2n) is 8.32. The van der Waals surface area contributed by atoms with Gasteiger partial charge in [-0.2, -0.15) is 0 Å². The molecule has 0 radical (unpaired) electrons. The minimum Gasteiger partial charge on any atom is -0.365 e. The number of carbonyl (C=O) groups is 1. The Morgan fingerprint density at radius 2 is 1.91 bits per heavy atom. The molecule has 0 atom stereocenters. The summed E-state index contributed by atoms with van der Waals surface area (Å²) in [6.45, 7) is 4.66. The van der Waals surface area contributed by atoms with Gasteiger partial charge in [0.15, 0.2) is 17.2 Å². The molecule has 0 aliphatic carbocycles. The Balaban J connectivity index is 1.29. The van der Waals surface area contributed by atoms with Crippen LogP contribution in [0.4, 0.5) is 5.82 Å².